The number of hydrogen-bond donors (Lipinski definition) is 0. The molecule has 0 saturated carbocycles. The molecular weight excluding hydrogens is 176 g/mol. The second kappa shape index (κ2) is 6.67. The van der Waals surface area contributed by atoms with Gasteiger partial charge in [-0.2, -0.15) is 9.98 Å². The lowest BCUT2D eigenvalue weighted by Gasteiger charge is -2.05. The highest BCUT2D eigenvalue weighted by Crippen LogP contribution is 1.95. The molecule has 0 bridgehead atoms. The number of rotatable bonds is 5. The van der Waals surface area contributed by atoms with E-state index < -0.39 is 12.2 Å². The first-order chi connectivity index (χ1) is 6.24. The summed E-state index contributed by atoms with van der Waals surface area (Å²) in [5.41, 5.74) is 0. The van der Waals surface area contributed by atoms with Crippen LogP contribution in [0, 0.1) is 0 Å². The summed E-state index contributed by atoms with van der Waals surface area (Å²) in [6.45, 7) is 2.88. The largest absolute Gasteiger partial charge is 0.434 e. The van der Waals surface area contributed by atoms with Gasteiger partial charge in [0.25, 0.3) is 0 Å². The fourth-order valence-electron chi connectivity index (χ4n) is 0.461. The van der Waals surface area contributed by atoms with Crippen molar-refractivity contribution in [2.75, 3.05) is 6.54 Å². The lowest BCUT2D eigenvalue weighted by Crippen LogP contribution is -2.17. The van der Waals surface area contributed by atoms with Crippen LogP contribution >= 0.6 is 0 Å². The molecule has 6 nitrogen and oxygen atoms in total. The van der Waals surface area contributed by atoms with Gasteiger partial charge in [-0.05, 0) is 0 Å². The van der Waals surface area contributed by atoms with Crippen molar-refractivity contribution in [3.05, 3.63) is 12.7 Å². The topological polar surface area (TPSA) is 85.2 Å². The van der Waals surface area contributed by atoms with E-state index in [2.05, 4.69) is 21.3 Å². The van der Waals surface area contributed by atoms with E-state index in [-0.39, 0.29) is 6.54 Å². The summed E-state index contributed by atoms with van der Waals surface area (Å²) in [6, 6.07) is 0. The van der Waals surface area contributed by atoms with E-state index in [9.17, 15) is 14.4 Å². The predicted octanol–water partition coefficient (Wildman–Crippen LogP) is -0.287. The Morgan fingerprint density at radius 1 is 1.54 bits per heavy atom. The van der Waals surface area contributed by atoms with Crippen molar-refractivity contribution in [1.29, 1.82) is 0 Å². The van der Waals surface area contributed by atoms with Crippen molar-refractivity contribution >= 4 is 18.1 Å². The van der Waals surface area contributed by atoms with Gasteiger partial charge in [0.2, 0.25) is 18.4 Å². The second-order valence-electron chi connectivity index (χ2n) is 1.75. The van der Waals surface area contributed by atoms with Crippen molar-refractivity contribution in [3.8, 4) is 0 Å². The van der Waals surface area contributed by atoms with Gasteiger partial charge in [0.1, 0.15) is 6.54 Å². The number of esters is 1. The number of hydrogen-bond acceptors (Lipinski definition) is 6. The van der Waals surface area contributed by atoms with Crippen molar-refractivity contribution in [2.24, 2.45) is 9.98 Å². The molecule has 0 rings (SSSR count). The normalized spacial score (nSPS) is 10.2. The molecule has 0 aromatic heterocycles. The molecule has 6 heteroatoms. The van der Waals surface area contributed by atoms with Crippen LogP contribution in [0.25, 0.3) is 0 Å². The molecule has 0 heterocycles. The van der Waals surface area contributed by atoms with Crippen LogP contribution in [-0.4, -0.2) is 30.9 Å². The molecule has 13 heavy (non-hydrogen) atoms. The van der Waals surface area contributed by atoms with Crippen LogP contribution in [0.3, 0.4) is 0 Å². The average Bonchev–Trinajstić information content (AvgIpc) is 2.14. The van der Waals surface area contributed by atoms with Gasteiger partial charge in [0, 0.05) is 6.08 Å². The quantitative estimate of drug-likeness (QED) is 0.253. The Hall–Kier alpha value is -2.03. The zero-order valence-electron chi connectivity index (χ0n) is 6.60. The molecule has 68 valence electrons. The van der Waals surface area contributed by atoms with Gasteiger partial charge in [-0.15, -0.1) is 0 Å². The molecule has 0 aliphatic carbocycles. The Labute approximate surface area is 73.6 Å². The zero-order chi connectivity index (χ0) is 10.1. The minimum Gasteiger partial charge on any atom is -0.434 e. The molecule has 1 atom stereocenters. The van der Waals surface area contributed by atoms with E-state index in [1.165, 1.54) is 12.2 Å². The molecule has 0 aromatic rings. The van der Waals surface area contributed by atoms with E-state index in [4.69, 9.17) is 0 Å². The van der Waals surface area contributed by atoms with Gasteiger partial charge in [-0.3, -0.25) is 0 Å². The van der Waals surface area contributed by atoms with Crippen LogP contribution in [0.1, 0.15) is 0 Å². The van der Waals surface area contributed by atoms with Crippen LogP contribution in [0.5, 0.6) is 0 Å². The highest BCUT2D eigenvalue weighted by Gasteiger charge is 2.09. The summed E-state index contributed by atoms with van der Waals surface area (Å²) >= 11 is 0. The standard InChI is InChI=1S/C7H6N2O4/c1-2-7(12)13-6(9-5-11)3-8-4-10/h2,6H,1,3H2. The Bertz CT molecular complexity index is 287. The van der Waals surface area contributed by atoms with E-state index in [0.29, 0.717) is 0 Å². The summed E-state index contributed by atoms with van der Waals surface area (Å²) in [4.78, 5) is 36.2. The zero-order valence-corrected chi connectivity index (χ0v) is 6.60. The van der Waals surface area contributed by atoms with Gasteiger partial charge in [0.15, 0.2) is 0 Å². The highest BCUT2D eigenvalue weighted by atomic mass is 16.6. The first kappa shape index (κ1) is 11.0. The summed E-state index contributed by atoms with van der Waals surface area (Å²) in [6.07, 6.45) is 2.16. The maximum Gasteiger partial charge on any atom is 0.332 e. The molecule has 1 unspecified atom stereocenters. The molecule has 0 spiro atoms. The molecule has 0 saturated heterocycles. The summed E-state index contributed by atoms with van der Waals surface area (Å²) in [5.74, 6) is -0.759. The number of ether oxygens (including phenoxy) is 1. The Morgan fingerprint density at radius 2 is 2.23 bits per heavy atom. The highest BCUT2D eigenvalue weighted by molar-refractivity contribution is 5.81. The Kier molecular flexibility index (Phi) is 5.63. The van der Waals surface area contributed by atoms with E-state index in [1.54, 1.807) is 0 Å². The first-order valence-corrected chi connectivity index (χ1v) is 3.18. The first-order valence-electron chi connectivity index (χ1n) is 3.18. The Balaban J connectivity index is 4.23. The minimum atomic E-state index is -1.13. The smallest absolute Gasteiger partial charge is 0.332 e. The summed E-state index contributed by atoms with van der Waals surface area (Å²) in [7, 11) is 0. The lowest BCUT2D eigenvalue weighted by atomic mass is 10.5. The third-order valence-electron chi connectivity index (χ3n) is 0.928. The maximum atomic E-state index is 10.6. The molecule has 0 amide bonds. The van der Waals surface area contributed by atoms with Crippen LogP contribution in [0.4, 0.5) is 0 Å². The molecule has 0 aliphatic rings. The third kappa shape index (κ3) is 5.26. The molecule has 0 aromatic carbocycles. The summed E-state index contributed by atoms with van der Waals surface area (Å²) < 4.78 is 4.48. The van der Waals surface area contributed by atoms with Crippen molar-refractivity contribution in [2.45, 2.75) is 6.23 Å². The fraction of sp³-hybridized carbons (Fsp3) is 0.286. The van der Waals surface area contributed by atoms with Crippen LogP contribution < -0.4 is 0 Å². The number of nitrogens with zero attached hydrogens (tertiary/aromatic N) is 2. The SMILES string of the molecule is C=CC(=O)OC(CN=C=O)N=C=O. The van der Waals surface area contributed by atoms with Crippen molar-refractivity contribution < 1.29 is 19.1 Å². The monoisotopic (exact) mass is 182 g/mol. The molecule has 0 aliphatic heterocycles. The van der Waals surface area contributed by atoms with Gasteiger partial charge in [-0.1, -0.05) is 6.58 Å². The fourth-order valence-corrected chi connectivity index (χ4v) is 0.461. The van der Waals surface area contributed by atoms with E-state index >= 15 is 0 Å². The van der Waals surface area contributed by atoms with Gasteiger partial charge < -0.3 is 4.74 Å². The number of isocyanates is 2. The van der Waals surface area contributed by atoms with E-state index in [0.717, 1.165) is 6.08 Å². The average molecular weight is 182 g/mol. The second-order valence-corrected chi connectivity index (χ2v) is 1.75. The van der Waals surface area contributed by atoms with Gasteiger partial charge in [-0.25, -0.2) is 14.4 Å². The summed E-state index contributed by atoms with van der Waals surface area (Å²) in [5, 5.41) is 0. The van der Waals surface area contributed by atoms with Crippen LogP contribution in [-0.2, 0) is 19.1 Å². The Morgan fingerprint density at radius 3 is 2.69 bits per heavy atom. The molecule has 0 radical (unpaired) electrons. The maximum absolute atomic E-state index is 10.6. The predicted molar refractivity (Wildman–Crippen MR) is 41.2 cm³/mol. The lowest BCUT2D eigenvalue weighted by molar-refractivity contribution is -0.142. The minimum absolute atomic E-state index is 0.252. The van der Waals surface area contributed by atoms with Crippen molar-refractivity contribution in [1.82, 2.24) is 0 Å². The van der Waals surface area contributed by atoms with Gasteiger partial charge in [0.05, 0.1) is 0 Å². The van der Waals surface area contributed by atoms with Crippen molar-refractivity contribution in [3.63, 3.8) is 0 Å². The molecular formula is C7H6N2O4. The third-order valence-corrected chi connectivity index (χ3v) is 0.928. The molecule has 0 N–H and O–H groups in total. The number of carbonyl (C=O) groups is 1. The number of aliphatic imine (C=N–C) groups is 2. The van der Waals surface area contributed by atoms with E-state index in [1.807, 2.05) is 0 Å². The number of carbonyl (C=O) groups excluding carboxylic acids is 3. The van der Waals surface area contributed by atoms with Gasteiger partial charge >= 0.3 is 5.97 Å². The van der Waals surface area contributed by atoms with Crippen LogP contribution in [0.15, 0.2) is 22.6 Å². The van der Waals surface area contributed by atoms with Crippen LogP contribution in [0.2, 0.25) is 0 Å². The molecule has 0 fully saturated rings.